The Labute approximate surface area is 160 Å². The van der Waals surface area contributed by atoms with Crippen molar-refractivity contribution in [1.29, 1.82) is 0 Å². The molecule has 2 aromatic rings. The summed E-state index contributed by atoms with van der Waals surface area (Å²) in [5.74, 6) is -0.151. The Kier molecular flexibility index (Phi) is 6.84. The molecule has 0 amide bonds. The molecule has 0 N–H and O–H groups in total. The highest BCUT2D eigenvalue weighted by Gasteiger charge is 2.24. The van der Waals surface area contributed by atoms with E-state index in [1.165, 1.54) is 18.4 Å². The van der Waals surface area contributed by atoms with Crippen LogP contribution in [0.2, 0.25) is 0 Å². The highest BCUT2D eigenvalue weighted by atomic mass is 32.2. The zero-order chi connectivity index (χ0) is 20.1. The van der Waals surface area contributed by atoms with E-state index in [1.54, 1.807) is 45.0 Å². The number of esters is 1. The van der Waals surface area contributed by atoms with E-state index in [9.17, 15) is 13.2 Å². The molecule has 2 rings (SSSR count). The number of benzene rings is 1. The zero-order valence-corrected chi connectivity index (χ0v) is 16.9. The van der Waals surface area contributed by atoms with Crippen LogP contribution in [0.3, 0.4) is 0 Å². The summed E-state index contributed by atoms with van der Waals surface area (Å²) < 4.78 is 40.7. The van der Waals surface area contributed by atoms with Crippen LogP contribution in [0, 0.1) is 12.8 Å². The van der Waals surface area contributed by atoms with E-state index in [0.717, 1.165) is 5.56 Å². The average molecular weight is 394 g/mol. The van der Waals surface area contributed by atoms with E-state index in [2.05, 4.69) is 0 Å². The zero-order valence-electron chi connectivity index (χ0n) is 16.1. The third kappa shape index (κ3) is 7.19. The minimum Gasteiger partial charge on any atom is -0.469 e. The van der Waals surface area contributed by atoms with E-state index in [1.807, 2.05) is 6.92 Å². The van der Waals surface area contributed by atoms with Crippen molar-refractivity contribution in [3.05, 3.63) is 54.0 Å². The minimum absolute atomic E-state index is 0.0292. The summed E-state index contributed by atoms with van der Waals surface area (Å²) in [5.41, 5.74) is 0.343. The minimum atomic E-state index is -3.90. The van der Waals surface area contributed by atoms with Crippen LogP contribution in [0.5, 0.6) is 0 Å². The van der Waals surface area contributed by atoms with Gasteiger partial charge in [-0.3, -0.25) is 8.98 Å². The second-order valence-corrected chi connectivity index (χ2v) is 9.11. The fourth-order valence-electron chi connectivity index (χ4n) is 2.48. The van der Waals surface area contributed by atoms with Crippen LogP contribution in [0.15, 0.2) is 52.0 Å². The molecule has 0 aliphatic heterocycles. The standard InChI is InChI=1S/C20H26O6S/c1-15-7-9-18(10-8-15)27(22,23)25-14-16(12-17-6-5-11-24-17)13-19(21)26-20(2,3)4/h5-11,16H,12-14H2,1-4H3. The highest BCUT2D eigenvalue weighted by Crippen LogP contribution is 2.20. The predicted octanol–water partition coefficient (Wildman–Crippen LogP) is 3.88. The summed E-state index contributed by atoms with van der Waals surface area (Å²) in [5, 5.41) is 0. The lowest BCUT2D eigenvalue weighted by molar-refractivity contribution is -0.156. The maximum atomic E-state index is 12.4. The summed E-state index contributed by atoms with van der Waals surface area (Å²) in [4.78, 5) is 12.3. The van der Waals surface area contributed by atoms with Gasteiger partial charge in [-0.1, -0.05) is 17.7 Å². The fraction of sp³-hybridized carbons (Fsp3) is 0.450. The Morgan fingerprint density at radius 1 is 1.15 bits per heavy atom. The van der Waals surface area contributed by atoms with E-state index in [-0.39, 0.29) is 17.9 Å². The first-order valence-electron chi connectivity index (χ1n) is 8.75. The Bertz CT molecular complexity index is 830. The quantitative estimate of drug-likeness (QED) is 0.499. The second-order valence-electron chi connectivity index (χ2n) is 7.49. The number of hydrogen-bond acceptors (Lipinski definition) is 6. The van der Waals surface area contributed by atoms with Crippen molar-refractivity contribution in [3.8, 4) is 0 Å². The largest absolute Gasteiger partial charge is 0.469 e. The summed E-state index contributed by atoms with van der Waals surface area (Å²) in [6, 6.07) is 9.93. The van der Waals surface area contributed by atoms with Crippen LogP contribution in [0.4, 0.5) is 0 Å². The lowest BCUT2D eigenvalue weighted by atomic mass is 10.0. The van der Waals surface area contributed by atoms with Gasteiger partial charge in [0.05, 0.1) is 24.2 Å². The molecule has 1 aromatic heterocycles. The third-order valence-electron chi connectivity index (χ3n) is 3.71. The van der Waals surface area contributed by atoms with Gasteiger partial charge >= 0.3 is 5.97 Å². The molecule has 0 saturated heterocycles. The Morgan fingerprint density at radius 3 is 2.37 bits per heavy atom. The van der Waals surface area contributed by atoms with Crippen LogP contribution in [-0.4, -0.2) is 26.6 Å². The first-order valence-corrected chi connectivity index (χ1v) is 10.2. The maximum absolute atomic E-state index is 12.4. The highest BCUT2D eigenvalue weighted by molar-refractivity contribution is 7.86. The molecule has 6 nitrogen and oxygen atoms in total. The molecule has 7 heteroatoms. The van der Waals surface area contributed by atoms with Gasteiger partial charge in [0.15, 0.2) is 0 Å². The molecule has 0 aliphatic rings. The molecule has 1 unspecified atom stereocenters. The van der Waals surface area contributed by atoms with Gasteiger partial charge in [0, 0.05) is 12.3 Å². The van der Waals surface area contributed by atoms with Crippen molar-refractivity contribution in [2.45, 2.75) is 51.0 Å². The topological polar surface area (TPSA) is 82.8 Å². The van der Waals surface area contributed by atoms with Crippen LogP contribution >= 0.6 is 0 Å². The molecule has 1 aromatic carbocycles. The molecule has 0 fully saturated rings. The lowest BCUT2D eigenvalue weighted by Gasteiger charge is -2.22. The first kappa shape index (κ1) is 21.2. The van der Waals surface area contributed by atoms with Crippen molar-refractivity contribution < 1.29 is 26.5 Å². The molecule has 0 saturated carbocycles. The number of furan rings is 1. The van der Waals surface area contributed by atoms with Crippen molar-refractivity contribution in [1.82, 2.24) is 0 Å². The molecule has 0 aliphatic carbocycles. The summed E-state index contributed by atoms with van der Waals surface area (Å²) in [6.07, 6.45) is 1.93. The van der Waals surface area contributed by atoms with E-state index in [4.69, 9.17) is 13.3 Å². The monoisotopic (exact) mass is 394 g/mol. The van der Waals surface area contributed by atoms with E-state index >= 15 is 0 Å². The van der Waals surface area contributed by atoms with Crippen molar-refractivity contribution in [2.75, 3.05) is 6.61 Å². The Balaban J connectivity index is 2.06. The van der Waals surface area contributed by atoms with Gasteiger partial charge in [-0.2, -0.15) is 8.42 Å². The van der Waals surface area contributed by atoms with Gasteiger partial charge in [-0.15, -0.1) is 0 Å². The van der Waals surface area contributed by atoms with Crippen molar-refractivity contribution >= 4 is 16.1 Å². The second kappa shape index (κ2) is 8.71. The molecule has 148 valence electrons. The van der Waals surface area contributed by atoms with Gasteiger partial charge in [-0.05, 0) is 52.0 Å². The normalized spacial score (nSPS) is 13.3. The Hall–Kier alpha value is -2.12. The lowest BCUT2D eigenvalue weighted by Crippen LogP contribution is -2.27. The third-order valence-corrected chi connectivity index (χ3v) is 5.01. The number of rotatable bonds is 8. The molecule has 27 heavy (non-hydrogen) atoms. The molecule has 1 atom stereocenters. The average Bonchev–Trinajstić information content (AvgIpc) is 3.04. The first-order chi connectivity index (χ1) is 12.5. The number of ether oxygens (including phenoxy) is 1. The van der Waals surface area contributed by atoms with Crippen LogP contribution < -0.4 is 0 Å². The van der Waals surface area contributed by atoms with Gasteiger partial charge in [-0.25, -0.2) is 0 Å². The van der Waals surface area contributed by atoms with Crippen LogP contribution in [0.25, 0.3) is 0 Å². The summed E-state index contributed by atoms with van der Waals surface area (Å²) in [6.45, 7) is 7.08. The Morgan fingerprint density at radius 2 is 1.81 bits per heavy atom. The van der Waals surface area contributed by atoms with Crippen molar-refractivity contribution in [3.63, 3.8) is 0 Å². The summed E-state index contributed by atoms with van der Waals surface area (Å²) in [7, 11) is -3.90. The van der Waals surface area contributed by atoms with Crippen molar-refractivity contribution in [2.24, 2.45) is 5.92 Å². The number of hydrogen-bond donors (Lipinski definition) is 0. The van der Waals surface area contributed by atoms with Gasteiger partial charge < -0.3 is 9.15 Å². The van der Waals surface area contributed by atoms with Gasteiger partial charge in [0.2, 0.25) is 0 Å². The molecule has 0 spiro atoms. The maximum Gasteiger partial charge on any atom is 0.306 e. The predicted molar refractivity (Wildman–Crippen MR) is 101 cm³/mol. The van der Waals surface area contributed by atoms with Gasteiger partial charge in [0.1, 0.15) is 11.4 Å². The molecule has 0 bridgehead atoms. The van der Waals surface area contributed by atoms with Gasteiger partial charge in [0.25, 0.3) is 10.1 Å². The fourth-order valence-corrected chi connectivity index (χ4v) is 3.46. The van der Waals surface area contributed by atoms with Crippen LogP contribution in [0.1, 0.15) is 38.5 Å². The molecule has 0 radical (unpaired) electrons. The summed E-state index contributed by atoms with van der Waals surface area (Å²) >= 11 is 0. The van der Waals surface area contributed by atoms with E-state index < -0.39 is 27.6 Å². The van der Waals surface area contributed by atoms with E-state index in [0.29, 0.717) is 12.2 Å². The molecular weight excluding hydrogens is 368 g/mol. The SMILES string of the molecule is Cc1ccc(S(=O)(=O)OCC(CC(=O)OC(C)(C)C)Cc2ccco2)cc1. The van der Waals surface area contributed by atoms with Crippen LogP contribution in [-0.2, 0) is 30.3 Å². The number of carbonyl (C=O) groups excluding carboxylic acids is 1. The molecular formula is C20H26O6S. The number of carbonyl (C=O) groups is 1. The molecule has 1 heterocycles. The number of aryl methyl sites for hydroxylation is 1. The smallest absolute Gasteiger partial charge is 0.306 e.